The molecular formula is C16H19NO3. The highest BCUT2D eigenvalue weighted by Gasteiger charge is 2.38. The number of nitrogens with one attached hydrogen (secondary N) is 1. The van der Waals surface area contributed by atoms with E-state index in [1.54, 1.807) is 19.2 Å². The fourth-order valence-electron chi connectivity index (χ4n) is 2.30. The van der Waals surface area contributed by atoms with Crippen molar-refractivity contribution in [3.05, 3.63) is 29.8 Å². The molecule has 0 bridgehead atoms. The van der Waals surface area contributed by atoms with E-state index in [1.807, 2.05) is 12.1 Å². The molecule has 0 saturated heterocycles. The number of carbonyl (C=O) groups is 1. The predicted octanol–water partition coefficient (Wildman–Crippen LogP) is 1.93. The van der Waals surface area contributed by atoms with Crippen LogP contribution in [-0.2, 0) is 9.53 Å². The number of carbonyl (C=O) groups excluding carboxylic acids is 1. The first kappa shape index (κ1) is 14.6. The summed E-state index contributed by atoms with van der Waals surface area (Å²) in [7, 11) is 1.67. The molecule has 0 unspecified atom stereocenters. The van der Waals surface area contributed by atoms with Gasteiger partial charge in [-0.3, -0.25) is 4.79 Å². The molecule has 20 heavy (non-hydrogen) atoms. The van der Waals surface area contributed by atoms with Gasteiger partial charge in [-0.05, 0) is 43.5 Å². The summed E-state index contributed by atoms with van der Waals surface area (Å²) in [6.07, 6.45) is 3.42. The molecule has 1 amide bonds. The maximum atomic E-state index is 12.0. The smallest absolute Gasteiger partial charge is 0.227 e. The van der Waals surface area contributed by atoms with Crippen LogP contribution in [-0.4, -0.2) is 30.3 Å². The lowest BCUT2D eigenvalue weighted by Gasteiger charge is -2.39. The van der Waals surface area contributed by atoms with E-state index < -0.39 is 0 Å². The largest absolute Gasteiger partial charge is 0.384 e. The van der Waals surface area contributed by atoms with E-state index in [9.17, 15) is 4.79 Å². The molecular weight excluding hydrogens is 254 g/mol. The molecule has 1 saturated carbocycles. The lowest BCUT2D eigenvalue weighted by molar-refractivity contribution is -0.129. The van der Waals surface area contributed by atoms with Gasteiger partial charge in [0, 0.05) is 18.4 Å². The summed E-state index contributed by atoms with van der Waals surface area (Å²) in [5.41, 5.74) is 1.30. The van der Waals surface area contributed by atoms with Gasteiger partial charge in [0.05, 0.1) is 12.0 Å². The first-order valence-corrected chi connectivity index (χ1v) is 6.72. The number of aliphatic hydroxyl groups excluding tert-OH is 1. The van der Waals surface area contributed by atoms with Crippen LogP contribution in [0.25, 0.3) is 0 Å². The second-order valence-corrected chi connectivity index (χ2v) is 5.00. The Morgan fingerprint density at radius 3 is 2.60 bits per heavy atom. The maximum absolute atomic E-state index is 12.0. The van der Waals surface area contributed by atoms with E-state index in [2.05, 4.69) is 17.2 Å². The standard InChI is InChI=1S/C16H19NO3/c1-20-16(9-3-10-16)12-15(19)17-14-7-5-13(6-8-14)4-2-11-18/h5-8,18H,3,9-12H2,1H3,(H,17,19). The number of hydrogen-bond acceptors (Lipinski definition) is 3. The second kappa shape index (κ2) is 6.56. The van der Waals surface area contributed by atoms with Gasteiger partial charge in [0.1, 0.15) is 6.61 Å². The lowest BCUT2D eigenvalue weighted by atomic mass is 9.77. The van der Waals surface area contributed by atoms with Gasteiger partial charge in [-0.15, -0.1) is 0 Å². The minimum atomic E-state index is -0.253. The Bertz CT molecular complexity index is 515. The fraction of sp³-hybridized carbons (Fsp3) is 0.438. The van der Waals surface area contributed by atoms with Crippen LogP contribution in [0.1, 0.15) is 31.2 Å². The highest BCUT2D eigenvalue weighted by Crippen LogP contribution is 2.38. The molecule has 0 radical (unpaired) electrons. The summed E-state index contributed by atoms with van der Waals surface area (Å²) in [4.78, 5) is 12.0. The summed E-state index contributed by atoms with van der Waals surface area (Å²) in [6, 6.07) is 7.24. The van der Waals surface area contributed by atoms with Crippen molar-refractivity contribution in [3.8, 4) is 11.8 Å². The number of hydrogen-bond donors (Lipinski definition) is 2. The molecule has 4 heteroatoms. The predicted molar refractivity (Wildman–Crippen MR) is 77.2 cm³/mol. The van der Waals surface area contributed by atoms with E-state index in [0.29, 0.717) is 6.42 Å². The van der Waals surface area contributed by atoms with Gasteiger partial charge in [-0.1, -0.05) is 11.8 Å². The summed E-state index contributed by atoms with van der Waals surface area (Å²) in [5, 5.41) is 11.5. The van der Waals surface area contributed by atoms with Crippen molar-refractivity contribution in [2.45, 2.75) is 31.3 Å². The average Bonchev–Trinajstić information content (AvgIpc) is 2.42. The van der Waals surface area contributed by atoms with Gasteiger partial charge < -0.3 is 15.2 Å². The zero-order valence-electron chi connectivity index (χ0n) is 11.6. The maximum Gasteiger partial charge on any atom is 0.227 e. The van der Waals surface area contributed by atoms with Crippen LogP contribution < -0.4 is 5.32 Å². The molecule has 0 atom stereocenters. The molecule has 1 aromatic rings. The topological polar surface area (TPSA) is 58.6 Å². The molecule has 1 aliphatic rings. The Labute approximate surface area is 119 Å². The highest BCUT2D eigenvalue weighted by atomic mass is 16.5. The van der Waals surface area contributed by atoms with Crippen molar-refractivity contribution < 1.29 is 14.6 Å². The molecule has 1 fully saturated rings. The summed E-state index contributed by atoms with van der Waals surface area (Å²) in [5.74, 6) is 5.36. The van der Waals surface area contributed by atoms with Crippen molar-refractivity contribution in [2.75, 3.05) is 19.0 Å². The number of ether oxygens (including phenoxy) is 1. The molecule has 0 aromatic heterocycles. The normalized spacial score (nSPS) is 15.7. The fourth-order valence-corrected chi connectivity index (χ4v) is 2.30. The van der Waals surface area contributed by atoms with Crippen molar-refractivity contribution in [1.29, 1.82) is 0 Å². The van der Waals surface area contributed by atoms with Crippen molar-refractivity contribution in [3.63, 3.8) is 0 Å². The number of methoxy groups -OCH3 is 1. The van der Waals surface area contributed by atoms with Gasteiger partial charge in [0.25, 0.3) is 0 Å². The zero-order chi connectivity index (χ0) is 14.4. The van der Waals surface area contributed by atoms with Gasteiger partial charge in [0.15, 0.2) is 0 Å². The zero-order valence-corrected chi connectivity index (χ0v) is 11.6. The van der Waals surface area contributed by atoms with Gasteiger partial charge in [-0.2, -0.15) is 0 Å². The lowest BCUT2D eigenvalue weighted by Crippen LogP contribution is -2.42. The van der Waals surface area contributed by atoms with E-state index in [0.717, 1.165) is 30.5 Å². The van der Waals surface area contributed by atoms with Crippen LogP contribution in [0.3, 0.4) is 0 Å². The highest BCUT2D eigenvalue weighted by molar-refractivity contribution is 5.91. The number of anilines is 1. The van der Waals surface area contributed by atoms with E-state index in [-0.39, 0.29) is 18.1 Å². The summed E-state index contributed by atoms with van der Waals surface area (Å²) in [6.45, 7) is -0.155. The van der Waals surface area contributed by atoms with Gasteiger partial charge in [-0.25, -0.2) is 0 Å². The molecule has 4 nitrogen and oxygen atoms in total. The first-order valence-electron chi connectivity index (χ1n) is 6.72. The minimum absolute atomic E-state index is 0.0271. The first-order chi connectivity index (χ1) is 9.67. The monoisotopic (exact) mass is 273 g/mol. The van der Waals surface area contributed by atoms with Crippen molar-refractivity contribution in [2.24, 2.45) is 0 Å². The van der Waals surface area contributed by atoms with Crippen LogP contribution in [0.15, 0.2) is 24.3 Å². The van der Waals surface area contributed by atoms with Crippen LogP contribution in [0.4, 0.5) is 5.69 Å². The molecule has 2 rings (SSSR count). The van der Waals surface area contributed by atoms with Crippen molar-refractivity contribution >= 4 is 11.6 Å². The molecule has 106 valence electrons. The SMILES string of the molecule is COC1(CC(=O)Nc2ccc(C#CCO)cc2)CCC1. The number of amides is 1. The van der Waals surface area contributed by atoms with Crippen LogP contribution in [0.5, 0.6) is 0 Å². The quantitative estimate of drug-likeness (QED) is 0.824. The Hall–Kier alpha value is -1.83. The third-order valence-corrected chi connectivity index (χ3v) is 3.66. The van der Waals surface area contributed by atoms with Gasteiger partial charge in [0.2, 0.25) is 5.91 Å². The van der Waals surface area contributed by atoms with Crippen LogP contribution in [0, 0.1) is 11.8 Å². The Morgan fingerprint density at radius 2 is 2.10 bits per heavy atom. The number of benzene rings is 1. The minimum Gasteiger partial charge on any atom is -0.384 e. The van der Waals surface area contributed by atoms with Gasteiger partial charge >= 0.3 is 0 Å². The third kappa shape index (κ3) is 3.60. The molecule has 1 aliphatic carbocycles. The summed E-state index contributed by atoms with van der Waals surface area (Å²) >= 11 is 0. The summed E-state index contributed by atoms with van der Waals surface area (Å²) < 4.78 is 5.44. The molecule has 0 aliphatic heterocycles. The Morgan fingerprint density at radius 1 is 1.40 bits per heavy atom. The number of aliphatic hydroxyl groups is 1. The van der Waals surface area contributed by atoms with Crippen molar-refractivity contribution in [1.82, 2.24) is 0 Å². The average molecular weight is 273 g/mol. The van der Waals surface area contributed by atoms with E-state index in [1.165, 1.54) is 0 Å². The Kier molecular flexibility index (Phi) is 4.78. The number of rotatable bonds is 4. The second-order valence-electron chi connectivity index (χ2n) is 5.00. The third-order valence-electron chi connectivity index (χ3n) is 3.66. The molecule has 2 N–H and O–H groups in total. The van der Waals surface area contributed by atoms with E-state index >= 15 is 0 Å². The Balaban J connectivity index is 1.91. The van der Waals surface area contributed by atoms with E-state index in [4.69, 9.17) is 9.84 Å². The molecule has 0 heterocycles. The molecule has 1 aromatic carbocycles. The van der Waals surface area contributed by atoms with Crippen LogP contribution >= 0.6 is 0 Å². The molecule has 0 spiro atoms. The van der Waals surface area contributed by atoms with Crippen LogP contribution in [0.2, 0.25) is 0 Å².